The van der Waals surface area contributed by atoms with E-state index in [0.717, 1.165) is 5.66 Å². The summed E-state index contributed by atoms with van der Waals surface area (Å²) in [6.07, 6.45) is 8.69. The zero-order valence-corrected chi connectivity index (χ0v) is 10.5. The van der Waals surface area contributed by atoms with Crippen LogP contribution in [0, 0.1) is 6.92 Å². The Kier molecular flexibility index (Phi) is 4.20. The summed E-state index contributed by atoms with van der Waals surface area (Å²) >= 11 is 0. The summed E-state index contributed by atoms with van der Waals surface area (Å²) in [5.41, 5.74) is 2.30. The van der Waals surface area contributed by atoms with Crippen molar-refractivity contribution in [3.8, 4) is 0 Å². The van der Waals surface area contributed by atoms with Crippen LogP contribution >= 0.6 is 8.58 Å². The third-order valence-electron chi connectivity index (χ3n) is 3.19. The van der Waals surface area contributed by atoms with Gasteiger partial charge in [0.05, 0.1) is 0 Å². The van der Waals surface area contributed by atoms with Crippen LogP contribution in [-0.2, 0) is 0 Å². The monoisotopic (exact) mass is 219 g/mol. The van der Waals surface area contributed by atoms with Gasteiger partial charge in [-0.1, -0.05) is 55.5 Å². The van der Waals surface area contributed by atoms with Crippen molar-refractivity contribution in [1.82, 2.24) is 0 Å². The van der Waals surface area contributed by atoms with Crippen LogP contribution < -0.4 is 5.30 Å². The number of benzene rings is 1. The molecule has 15 heavy (non-hydrogen) atoms. The Morgan fingerprint density at radius 3 is 2.13 bits per heavy atom. The summed E-state index contributed by atoms with van der Waals surface area (Å²) in [5.74, 6) is 0. The van der Waals surface area contributed by atoms with E-state index in [0.29, 0.717) is 0 Å². The van der Waals surface area contributed by atoms with E-state index in [1.54, 1.807) is 8.58 Å². The highest BCUT2D eigenvalue weighted by molar-refractivity contribution is 7.48. The van der Waals surface area contributed by atoms with E-state index in [1.807, 2.05) is 0 Å². The van der Waals surface area contributed by atoms with Crippen molar-refractivity contribution in [2.24, 2.45) is 0 Å². The predicted molar refractivity (Wildman–Crippen MR) is 69.2 cm³/mol. The standard InChI is InChI=1S/C14H20P/c1-12-8-10-14(11-9-12)15-13-6-4-2-3-5-7-13/h8-11,13H,2-7H2,1H3. The highest BCUT2D eigenvalue weighted by atomic mass is 31.1. The van der Waals surface area contributed by atoms with Gasteiger partial charge in [-0.15, -0.1) is 0 Å². The maximum Gasteiger partial charge on any atom is -0.0127 e. The SMILES string of the molecule is Cc1ccc([P]C2CCCCCC2)cc1. The second kappa shape index (κ2) is 5.66. The van der Waals surface area contributed by atoms with Crippen molar-refractivity contribution in [2.75, 3.05) is 0 Å². The third-order valence-corrected chi connectivity index (χ3v) is 4.67. The Bertz CT molecular complexity index is 281. The van der Waals surface area contributed by atoms with E-state index >= 15 is 0 Å². The van der Waals surface area contributed by atoms with Crippen molar-refractivity contribution in [2.45, 2.75) is 51.1 Å². The van der Waals surface area contributed by atoms with Crippen LogP contribution in [0.2, 0.25) is 0 Å². The highest BCUT2D eigenvalue weighted by Gasteiger charge is 2.13. The Morgan fingerprint density at radius 1 is 0.933 bits per heavy atom. The van der Waals surface area contributed by atoms with Crippen LogP contribution in [0.15, 0.2) is 24.3 Å². The van der Waals surface area contributed by atoms with Crippen molar-refractivity contribution >= 4 is 13.9 Å². The average Bonchev–Trinajstić information content (AvgIpc) is 2.50. The molecular weight excluding hydrogens is 199 g/mol. The first-order valence-electron chi connectivity index (χ1n) is 6.12. The maximum atomic E-state index is 2.29. The topological polar surface area (TPSA) is 0 Å². The molecule has 0 N–H and O–H groups in total. The summed E-state index contributed by atoms with van der Waals surface area (Å²) in [4.78, 5) is 0. The van der Waals surface area contributed by atoms with Crippen LogP contribution in [0.1, 0.15) is 44.1 Å². The zero-order chi connectivity index (χ0) is 10.5. The van der Waals surface area contributed by atoms with E-state index in [9.17, 15) is 0 Å². The van der Waals surface area contributed by atoms with Gasteiger partial charge in [0.2, 0.25) is 0 Å². The second-order valence-corrected chi connectivity index (χ2v) is 6.11. The molecule has 0 bridgehead atoms. The minimum Gasteiger partial charge on any atom is -0.0587 e. The molecule has 1 aliphatic carbocycles. The van der Waals surface area contributed by atoms with E-state index in [1.165, 1.54) is 49.4 Å². The molecule has 0 heterocycles. The van der Waals surface area contributed by atoms with Gasteiger partial charge < -0.3 is 0 Å². The van der Waals surface area contributed by atoms with Gasteiger partial charge in [0.1, 0.15) is 0 Å². The van der Waals surface area contributed by atoms with Gasteiger partial charge in [0, 0.05) is 0 Å². The van der Waals surface area contributed by atoms with Crippen LogP contribution in [0.4, 0.5) is 0 Å². The third kappa shape index (κ3) is 3.61. The molecule has 1 fully saturated rings. The summed E-state index contributed by atoms with van der Waals surface area (Å²) in [6.45, 7) is 2.16. The van der Waals surface area contributed by atoms with E-state index < -0.39 is 0 Å². The Labute approximate surface area is 95.3 Å². The van der Waals surface area contributed by atoms with Gasteiger partial charge in [-0.2, -0.15) is 0 Å². The zero-order valence-electron chi connectivity index (χ0n) is 9.58. The molecule has 1 aliphatic rings. The number of hydrogen-bond donors (Lipinski definition) is 0. The molecule has 0 saturated heterocycles. The molecular formula is C14H20P. The number of hydrogen-bond acceptors (Lipinski definition) is 0. The lowest BCUT2D eigenvalue weighted by molar-refractivity contribution is 0.702. The molecule has 81 valence electrons. The molecule has 0 aromatic heterocycles. The second-order valence-electron chi connectivity index (χ2n) is 4.61. The summed E-state index contributed by atoms with van der Waals surface area (Å²) in [6, 6.07) is 9.06. The first-order chi connectivity index (χ1) is 7.34. The molecule has 1 saturated carbocycles. The molecule has 1 aromatic rings. The largest absolute Gasteiger partial charge is 0.0587 e. The molecule has 0 nitrogen and oxygen atoms in total. The summed E-state index contributed by atoms with van der Waals surface area (Å²) in [5, 5.41) is 1.51. The van der Waals surface area contributed by atoms with Crippen molar-refractivity contribution < 1.29 is 0 Å². The normalized spacial score (nSPS) is 19.5. The average molecular weight is 219 g/mol. The molecule has 0 spiro atoms. The molecule has 1 radical (unpaired) electrons. The number of rotatable bonds is 2. The first kappa shape index (κ1) is 11.1. The van der Waals surface area contributed by atoms with Gasteiger partial charge in [-0.05, 0) is 39.3 Å². The Morgan fingerprint density at radius 2 is 1.53 bits per heavy atom. The Balaban J connectivity index is 1.92. The van der Waals surface area contributed by atoms with Crippen molar-refractivity contribution in [3.63, 3.8) is 0 Å². The lowest BCUT2D eigenvalue weighted by atomic mass is 10.2. The van der Waals surface area contributed by atoms with E-state index in [-0.39, 0.29) is 0 Å². The minimum absolute atomic E-state index is 0.926. The van der Waals surface area contributed by atoms with Crippen molar-refractivity contribution in [3.05, 3.63) is 29.8 Å². The smallest absolute Gasteiger partial charge is 0.0127 e. The molecule has 2 rings (SSSR count). The maximum absolute atomic E-state index is 2.29. The van der Waals surface area contributed by atoms with Gasteiger partial charge in [-0.3, -0.25) is 0 Å². The summed E-state index contributed by atoms with van der Waals surface area (Å²) in [7, 11) is 1.57. The van der Waals surface area contributed by atoms with E-state index in [4.69, 9.17) is 0 Å². The van der Waals surface area contributed by atoms with Crippen LogP contribution in [0.25, 0.3) is 0 Å². The van der Waals surface area contributed by atoms with Crippen molar-refractivity contribution in [1.29, 1.82) is 0 Å². The molecule has 0 amide bonds. The number of aryl methyl sites for hydroxylation is 1. The van der Waals surface area contributed by atoms with Crippen LogP contribution in [0.3, 0.4) is 0 Å². The highest BCUT2D eigenvalue weighted by Crippen LogP contribution is 2.31. The van der Waals surface area contributed by atoms with E-state index in [2.05, 4.69) is 31.2 Å². The quantitative estimate of drug-likeness (QED) is 0.514. The lowest BCUT2D eigenvalue weighted by Crippen LogP contribution is -2.05. The Hall–Kier alpha value is -0.350. The summed E-state index contributed by atoms with van der Waals surface area (Å²) < 4.78 is 0. The molecule has 1 heteroatoms. The molecule has 0 atom stereocenters. The molecule has 0 unspecified atom stereocenters. The minimum atomic E-state index is 0.926. The fourth-order valence-electron chi connectivity index (χ4n) is 2.23. The van der Waals surface area contributed by atoms with Gasteiger partial charge in [0.15, 0.2) is 0 Å². The van der Waals surface area contributed by atoms with Crippen LogP contribution in [-0.4, -0.2) is 5.66 Å². The van der Waals surface area contributed by atoms with Gasteiger partial charge in [-0.25, -0.2) is 0 Å². The lowest BCUT2D eigenvalue weighted by Gasteiger charge is -2.12. The van der Waals surface area contributed by atoms with Crippen LogP contribution in [0.5, 0.6) is 0 Å². The molecule has 0 aliphatic heterocycles. The fourth-order valence-corrected chi connectivity index (χ4v) is 3.59. The first-order valence-corrected chi connectivity index (χ1v) is 7.08. The fraction of sp³-hybridized carbons (Fsp3) is 0.571. The molecule has 1 aromatic carbocycles. The predicted octanol–water partition coefficient (Wildman–Crippen LogP) is 4.29. The van der Waals surface area contributed by atoms with Gasteiger partial charge in [0.25, 0.3) is 0 Å². The van der Waals surface area contributed by atoms with Gasteiger partial charge >= 0.3 is 0 Å².